The second kappa shape index (κ2) is 9.89. The number of rotatable bonds is 7. The maximum absolute atomic E-state index is 11.9. The average molecular weight is 476 g/mol. The van der Waals surface area contributed by atoms with Crippen molar-refractivity contribution in [1.29, 1.82) is 0 Å². The van der Waals surface area contributed by atoms with E-state index in [1.54, 1.807) is 7.05 Å². The quantitative estimate of drug-likeness (QED) is 0.435. The molecule has 0 saturated heterocycles. The van der Waals surface area contributed by atoms with E-state index in [1.807, 2.05) is 13.0 Å². The second-order valence-corrected chi connectivity index (χ2v) is 8.51. The third-order valence-electron chi connectivity index (χ3n) is 3.78. The SMILES string of the molecule is CC/C=C(\C(=O)NC)C(CO)COC1CC[CH]([Pb])CC1. The molecule has 113 valence electrons. The van der Waals surface area contributed by atoms with Crippen molar-refractivity contribution in [3.8, 4) is 0 Å². The molecule has 1 aliphatic carbocycles. The third kappa shape index (κ3) is 5.81. The summed E-state index contributed by atoms with van der Waals surface area (Å²) >= 11 is 1.28. The first kappa shape index (κ1) is 18.1. The summed E-state index contributed by atoms with van der Waals surface area (Å²) in [6, 6.07) is 0. The van der Waals surface area contributed by atoms with Crippen LogP contribution in [0.15, 0.2) is 11.6 Å². The van der Waals surface area contributed by atoms with Crippen molar-refractivity contribution in [2.45, 2.75) is 48.6 Å². The molecule has 3 radical (unpaired) electrons. The Bertz CT molecular complexity index is 325. The van der Waals surface area contributed by atoms with Crippen molar-refractivity contribution in [3.05, 3.63) is 11.6 Å². The molecule has 1 unspecified atom stereocenters. The Morgan fingerprint density at radius 1 is 1.45 bits per heavy atom. The van der Waals surface area contributed by atoms with Gasteiger partial charge in [0, 0.05) is 0 Å². The van der Waals surface area contributed by atoms with Crippen LogP contribution in [-0.2, 0) is 9.53 Å². The van der Waals surface area contributed by atoms with Gasteiger partial charge in [0.05, 0.1) is 0 Å². The molecule has 0 heterocycles. The predicted octanol–water partition coefficient (Wildman–Crippen LogP) is 1.59. The summed E-state index contributed by atoms with van der Waals surface area (Å²) in [6.07, 6.45) is 7.77. The number of aliphatic hydroxyl groups is 1. The van der Waals surface area contributed by atoms with Gasteiger partial charge in [0.2, 0.25) is 0 Å². The van der Waals surface area contributed by atoms with E-state index in [0.29, 0.717) is 18.3 Å². The zero-order valence-corrected chi connectivity index (χ0v) is 16.4. The first-order valence-corrected chi connectivity index (χ1v) is 9.72. The number of hydrogen-bond acceptors (Lipinski definition) is 3. The van der Waals surface area contributed by atoms with Gasteiger partial charge in [0.25, 0.3) is 0 Å². The van der Waals surface area contributed by atoms with Gasteiger partial charge in [-0.15, -0.1) is 0 Å². The van der Waals surface area contributed by atoms with E-state index >= 15 is 0 Å². The van der Waals surface area contributed by atoms with Gasteiger partial charge in [-0.25, -0.2) is 0 Å². The van der Waals surface area contributed by atoms with Gasteiger partial charge in [0.1, 0.15) is 0 Å². The van der Waals surface area contributed by atoms with Crippen LogP contribution in [0, 0.1) is 5.92 Å². The van der Waals surface area contributed by atoms with Crippen molar-refractivity contribution in [1.82, 2.24) is 5.32 Å². The van der Waals surface area contributed by atoms with Crippen LogP contribution in [-0.4, -0.2) is 63.1 Å². The summed E-state index contributed by atoms with van der Waals surface area (Å²) in [4.78, 5) is 11.9. The fraction of sp³-hybridized carbons (Fsp3) is 0.800. The molecule has 1 atom stereocenters. The zero-order chi connectivity index (χ0) is 15.0. The van der Waals surface area contributed by atoms with Crippen LogP contribution in [0.3, 0.4) is 0 Å². The second-order valence-electron chi connectivity index (χ2n) is 5.33. The number of hydrogen-bond donors (Lipinski definition) is 2. The van der Waals surface area contributed by atoms with Gasteiger partial charge in [-0.2, -0.15) is 0 Å². The summed E-state index contributed by atoms with van der Waals surface area (Å²) in [7, 11) is 1.62. The van der Waals surface area contributed by atoms with E-state index in [0.717, 1.165) is 22.7 Å². The van der Waals surface area contributed by atoms with Gasteiger partial charge in [-0.1, -0.05) is 0 Å². The molecule has 1 amide bonds. The number of nitrogens with one attached hydrogen (secondary N) is 1. The average Bonchev–Trinajstić information content (AvgIpc) is 2.47. The summed E-state index contributed by atoms with van der Waals surface area (Å²) in [5, 5.41) is 12.2. The normalized spacial score (nSPS) is 25.3. The molecule has 0 aromatic carbocycles. The fourth-order valence-corrected chi connectivity index (χ4v) is 3.83. The number of likely N-dealkylation sites (N-methyl/N-ethyl adjacent to an activating group) is 1. The van der Waals surface area contributed by atoms with Gasteiger partial charge in [-0.05, 0) is 0 Å². The Morgan fingerprint density at radius 2 is 2.10 bits per heavy atom. The van der Waals surface area contributed by atoms with Gasteiger partial charge in [0.15, 0.2) is 0 Å². The standard InChI is InChI=1S/C15H26NO3.Pb/c1-3-7-14(15(18)16-2)12(10-17)11-19-13-8-5-4-6-9-13;/h4,7,12-13,17H,3,5-6,8-11H2,1-2H3,(H,16,18);/b14-7-;. The van der Waals surface area contributed by atoms with Crippen molar-refractivity contribution in [2.24, 2.45) is 5.92 Å². The molecule has 1 saturated carbocycles. The van der Waals surface area contributed by atoms with Crippen molar-refractivity contribution >= 4 is 31.7 Å². The predicted molar refractivity (Wildman–Crippen MR) is 80.7 cm³/mol. The molecule has 0 aromatic heterocycles. The molecule has 0 aliphatic heterocycles. The van der Waals surface area contributed by atoms with Crippen LogP contribution < -0.4 is 5.32 Å². The minimum absolute atomic E-state index is 0.0463. The van der Waals surface area contributed by atoms with Crippen LogP contribution in [0.5, 0.6) is 0 Å². The van der Waals surface area contributed by atoms with E-state index in [9.17, 15) is 9.90 Å². The summed E-state index contributed by atoms with van der Waals surface area (Å²) in [6.45, 7) is 2.38. The van der Waals surface area contributed by atoms with E-state index in [2.05, 4.69) is 5.32 Å². The van der Waals surface area contributed by atoms with Crippen LogP contribution in [0.1, 0.15) is 39.0 Å². The minimum atomic E-state index is -0.219. The first-order chi connectivity index (χ1) is 9.62. The Hall–Kier alpha value is 0.0521. The number of carbonyl (C=O) groups excluding carboxylic acids is 1. The summed E-state index contributed by atoms with van der Waals surface area (Å²) in [5.41, 5.74) is 0.647. The van der Waals surface area contributed by atoms with Gasteiger partial charge < -0.3 is 0 Å². The third-order valence-corrected chi connectivity index (χ3v) is 6.03. The monoisotopic (exact) mass is 476 g/mol. The molecule has 0 spiro atoms. The van der Waals surface area contributed by atoms with E-state index < -0.39 is 0 Å². The number of ether oxygens (including phenoxy) is 1. The van der Waals surface area contributed by atoms with Crippen LogP contribution in [0.2, 0.25) is 3.48 Å². The van der Waals surface area contributed by atoms with Crippen molar-refractivity contribution < 1.29 is 14.6 Å². The number of carbonyl (C=O) groups is 1. The number of aliphatic hydroxyl groups excluding tert-OH is 1. The van der Waals surface area contributed by atoms with Crippen LogP contribution in [0.4, 0.5) is 0 Å². The van der Waals surface area contributed by atoms with Crippen molar-refractivity contribution in [3.63, 3.8) is 0 Å². The fourth-order valence-electron chi connectivity index (χ4n) is 2.53. The maximum atomic E-state index is 11.9. The summed E-state index contributed by atoms with van der Waals surface area (Å²) in [5.74, 6) is -0.332. The Kier molecular flexibility index (Phi) is 8.95. The molecule has 2 N–H and O–H groups in total. The number of allylic oxidation sites excluding steroid dienone is 1. The molecule has 20 heavy (non-hydrogen) atoms. The first-order valence-electron chi connectivity index (χ1n) is 7.48. The molecule has 4 nitrogen and oxygen atoms in total. The summed E-state index contributed by atoms with van der Waals surface area (Å²) < 4.78 is 6.88. The van der Waals surface area contributed by atoms with Crippen molar-refractivity contribution in [2.75, 3.05) is 20.3 Å². The molecule has 0 bridgehead atoms. The van der Waals surface area contributed by atoms with E-state index in [4.69, 9.17) is 4.74 Å². The molecule has 0 aromatic rings. The molecule has 1 fully saturated rings. The van der Waals surface area contributed by atoms with Gasteiger partial charge in [-0.3, -0.25) is 0 Å². The van der Waals surface area contributed by atoms with E-state index in [1.165, 1.54) is 38.6 Å². The van der Waals surface area contributed by atoms with Crippen LogP contribution in [0.25, 0.3) is 0 Å². The van der Waals surface area contributed by atoms with Gasteiger partial charge >= 0.3 is 138 Å². The molecule has 1 aliphatic rings. The topological polar surface area (TPSA) is 58.6 Å². The zero-order valence-electron chi connectivity index (χ0n) is 12.5. The Morgan fingerprint density at radius 3 is 2.60 bits per heavy atom. The molecule has 5 heteroatoms. The Balaban J connectivity index is 2.52. The molecular weight excluding hydrogens is 449 g/mol. The molecule has 1 rings (SSSR count). The van der Waals surface area contributed by atoms with Crippen LogP contribution >= 0.6 is 0 Å². The number of amides is 1. The molecular formula is C15H26NO3Pb. The Labute approximate surface area is 138 Å². The van der Waals surface area contributed by atoms with E-state index in [-0.39, 0.29) is 18.4 Å².